The summed E-state index contributed by atoms with van der Waals surface area (Å²) in [6.45, 7) is 11.6. The van der Waals surface area contributed by atoms with Crippen LogP contribution in [0.3, 0.4) is 0 Å². The number of aryl methyl sites for hydroxylation is 1. The van der Waals surface area contributed by atoms with Crippen LogP contribution < -0.4 is 10.6 Å². The molecule has 2 N–H and O–H groups in total. The van der Waals surface area contributed by atoms with Crippen molar-refractivity contribution in [3.63, 3.8) is 0 Å². The van der Waals surface area contributed by atoms with Crippen molar-refractivity contribution in [1.29, 1.82) is 0 Å². The Hall–Kier alpha value is -0.900. The predicted octanol–water partition coefficient (Wildman–Crippen LogP) is 1.61. The Bertz CT molecular complexity index is 448. The topological polar surface area (TPSA) is 70.4 Å². The summed E-state index contributed by atoms with van der Waals surface area (Å²) in [6.07, 6.45) is 2.78. The number of hydrogen-bond donors (Lipinski definition) is 2. The Morgan fingerprint density at radius 3 is 2.39 bits per heavy atom. The Kier molecular flexibility index (Phi) is 11.2. The summed E-state index contributed by atoms with van der Waals surface area (Å²) in [7, 11) is 3.71. The predicted molar refractivity (Wildman–Crippen MR) is 106 cm³/mol. The van der Waals surface area contributed by atoms with Crippen LogP contribution in [0.4, 0.5) is 0 Å². The molecule has 0 amide bonds. The van der Waals surface area contributed by atoms with Crippen LogP contribution in [0.15, 0.2) is 11.3 Å². The monoisotopic (exact) mass is 437 g/mol. The van der Waals surface area contributed by atoms with Gasteiger partial charge in [0.25, 0.3) is 0 Å². The summed E-state index contributed by atoms with van der Waals surface area (Å²) >= 11 is 0. The van der Waals surface area contributed by atoms with E-state index in [2.05, 4.69) is 58.4 Å². The lowest BCUT2D eigenvalue weighted by Crippen LogP contribution is -2.41. The van der Waals surface area contributed by atoms with Crippen molar-refractivity contribution < 1.29 is 0 Å². The molecule has 1 aromatic rings. The van der Waals surface area contributed by atoms with Gasteiger partial charge in [0.05, 0.1) is 6.54 Å². The maximum Gasteiger partial charge on any atom is 0.191 e. The second-order valence-corrected chi connectivity index (χ2v) is 5.99. The quantitative estimate of drug-likeness (QED) is 0.280. The van der Waals surface area contributed by atoms with Gasteiger partial charge < -0.3 is 15.2 Å². The molecular formula is C15H32IN7. The van der Waals surface area contributed by atoms with Crippen LogP contribution in [0.2, 0.25) is 0 Å². The highest BCUT2D eigenvalue weighted by atomic mass is 127. The molecule has 134 valence electrons. The van der Waals surface area contributed by atoms with Crippen molar-refractivity contribution in [2.45, 2.75) is 52.7 Å². The fourth-order valence-corrected chi connectivity index (χ4v) is 2.43. The minimum Gasteiger partial charge on any atom is -0.356 e. The van der Waals surface area contributed by atoms with Crippen LogP contribution in [0.25, 0.3) is 0 Å². The van der Waals surface area contributed by atoms with Crippen molar-refractivity contribution in [2.75, 3.05) is 20.1 Å². The molecule has 8 heteroatoms. The molecule has 0 spiro atoms. The van der Waals surface area contributed by atoms with Crippen LogP contribution >= 0.6 is 24.0 Å². The van der Waals surface area contributed by atoms with E-state index >= 15 is 0 Å². The molecule has 0 fully saturated rings. The molecule has 7 nitrogen and oxygen atoms in total. The fraction of sp³-hybridized carbons (Fsp3) is 0.800. The Labute approximate surface area is 157 Å². The molecule has 0 radical (unpaired) electrons. The molecule has 1 heterocycles. The molecule has 0 aliphatic heterocycles. The number of guanidine groups is 1. The molecular weight excluding hydrogens is 405 g/mol. The van der Waals surface area contributed by atoms with Gasteiger partial charge in [-0.15, -0.1) is 34.2 Å². The zero-order valence-electron chi connectivity index (χ0n) is 15.2. The summed E-state index contributed by atoms with van der Waals surface area (Å²) < 4.78 is 1.89. The molecule has 0 saturated carbocycles. The van der Waals surface area contributed by atoms with Crippen LogP contribution in [-0.4, -0.2) is 57.8 Å². The van der Waals surface area contributed by atoms with E-state index in [4.69, 9.17) is 0 Å². The highest BCUT2D eigenvalue weighted by Gasteiger charge is 2.12. The number of aromatic nitrogens is 3. The van der Waals surface area contributed by atoms with E-state index in [9.17, 15) is 0 Å². The van der Waals surface area contributed by atoms with Gasteiger partial charge in [-0.25, -0.2) is 0 Å². The van der Waals surface area contributed by atoms with Gasteiger partial charge in [0.15, 0.2) is 11.8 Å². The zero-order chi connectivity index (χ0) is 16.5. The van der Waals surface area contributed by atoms with Gasteiger partial charge in [0.2, 0.25) is 0 Å². The van der Waals surface area contributed by atoms with E-state index in [1.54, 1.807) is 13.4 Å². The number of nitrogens with one attached hydrogen (secondary N) is 2. The third-order valence-corrected chi connectivity index (χ3v) is 3.65. The molecule has 0 aliphatic rings. The third-order valence-electron chi connectivity index (χ3n) is 3.65. The van der Waals surface area contributed by atoms with Crippen molar-refractivity contribution >= 4 is 29.9 Å². The highest BCUT2D eigenvalue weighted by molar-refractivity contribution is 14.0. The van der Waals surface area contributed by atoms with Crippen molar-refractivity contribution in [3.8, 4) is 0 Å². The van der Waals surface area contributed by atoms with E-state index < -0.39 is 0 Å². The first-order valence-corrected chi connectivity index (χ1v) is 7.98. The van der Waals surface area contributed by atoms with Gasteiger partial charge in [0.1, 0.15) is 6.33 Å². The molecule has 0 aromatic carbocycles. The Morgan fingerprint density at radius 1 is 1.26 bits per heavy atom. The number of hydrogen-bond acceptors (Lipinski definition) is 4. The van der Waals surface area contributed by atoms with Gasteiger partial charge >= 0.3 is 0 Å². The van der Waals surface area contributed by atoms with E-state index in [1.165, 1.54) is 0 Å². The van der Waals surface area contributed by atoms with Gasteiger partial charge in [-0.1, -0.05) is 0 Å². The van der Waals surface area contributed by atoms with Crippen LogP contribution in [0.1, 0.15) is 39.9 Å². The van der Waals surface area contributed by atoms with Crippen LogP contribution in [0.5, 0.6) is 0 Å². The lowest BCUT2D eigenvalue weighted by molar-refractivity contribution is 0.173. The summed E-state index contributed by atoms with van der Waals surface area (Å²) in [4.78, 5) is 6.72. The minimum atomic E-state index is 0. The molecule has 0 bridgehead atoms. The first-order chi connectivity index (χ1) is 10.5. The number of nitrogens with zero attached hydrogens (tertiary/aromatic N) is 5. The largest absolute Gasteiger partial charge is 0.356 e. The molecule has 0 atom stereocenters. The Morgan fingerprint density at radius 2 is 1.91 bits per heavy atom. The summed E-state index contributed by atoms with van der Waals surface area (Å²) in [5, 5.41) is 14.5. The maximum absolute atomic E-state index is 4.23. The molecule has 0 unspecified atom stereocenters. The van der Waals surface area contributed by atoms with Crippen molar-refractivity contribution in [1.82, 2.24) is 30.3 Å². The first kappa shape index (κ1) is 22.1. The second kappa shape index (κ2) is 11.6. The number of rotatable bonds is 8. The second-order valence-electron chi connectivity index (χ2n) is 5.99. The minimum absolute atomic E-state index is 0. The molecule has 0 aliphatic carbocycles. The third kappa shape index (κ3) is 7.96. The van der Waals surface area contributed by atoms with Gasteiger partial charge in [0, 0.05) is 39.3 Å². The SMILES string of the molecule is CN=C(NCCCN(C(C)C)C(C)C)NCc1nncn1C.I. The van der Waals surface area contributed by atoms with E-state index in [-0.39, 0.29) is 24.0 Å². The summed E-state index contributed by atoms with van der Waals surface area (Å²) in [6, 6.07) is 1.15. The Balaban J connectivity index is 0.00000484. The normalized spacial score (nSPS) is 12.0. The molecule has 0 saturated heterocycles. The first-order valence-electron chi connectivity index (χ1n) is 7.98. The number of halogens is 1. The maximum atomic E-state index is 4.23. The van der Waals surface area contributed by atoms with E-state index in [0.29, 0.717) is 18.6 Å². The molecule has 1 aromatic heterocycles. The van der Waals surface area contributed by atoms with Crippen LogP contribution in [-0.2, 0) is 13.6 Å². The van der Waals surface area contributed by atoms with E-state index in [0.717, 1.165) is 31.3 Å². The average Bonchev–Trinajstić information content (AvgIpc) is 2.86. The number of aliphatic imine (C=N–C) groups is 1. The zero-order valence-corrected chi connectivity index (χ0v) is 17.5. The molecule has 23 heavy (non-hydrogen) atoms. The lowest BCUT2D eigenvalue weighted by Gasteiger charge is -2.30. The lowest BCUT2D eigenvalue weighted by atomic mass is 10.2. The molecule has 1 rings (SSSR count). The fourth-order valence-electron chi connectivity index (χ4n) is 2.43. The smallest absolute Gasteiger partial charge is 0.191 e. The van der Waals surface area contributed by atoms with E-state index in [1.807, 2.05) is 11.6 Å². The summed E-state index contributed by atoms with van der Waals surface area (Å²) in [5.74, 6) is 1.68. The van der Waals surface area contributed by atoms with Gasteiger partial charge in [-0.05, 0) is 34.1 Å². The van der Waals surface area contributed by atoms with Crippen molar-refractivity contribution in [3.05, 3.63) is 12.2 Å². The summed E-state index contributed by atoms with van der Waals surface area (Å²) in [5.41, 5.74) is 0. The van der Waals surface area contributed by atoms with Gasteiger partial charge in [-0.2, -0.15) is 0 Å². The van der Waals surface area contributed by atoms with Gasteiger partial charge in [-0.3, -0.25) is 9.89 Å². The van der Waals surface area contributed by atoms with Crippen molar-refractivity contribution in [2.24, 2.45) is 12.0 Å². The highest BCUT2D eigenvalue weighted by Crippen LogP contribution is 2.05. The average molecular weight is 437 g/mol. The standard InChI is InChI=1S/C15H31N7.HI/c1-12(2)22(13(3)4)9-7-8-17-15(16-5)18-10-14-20-19-11-21(14)6;/h11-13H,7-10H2,1-6H3,(H2,16,17,18);1H. The van der Waals surface area contributed by atoms with Crippen LogP contribution in [0, 0.1) is 0 Å².